The van der Waals surface area contributed by atoms with E-state index in [9.17, 15) is 9.59 Å². The fourth-order valence-corrected chi connectivity index (χ4v) is 3.24. The number of carbonyl (C=O) groups is 2. The molecule has 24 heavy (non-hydrogen) atoms. The van der Waals surface area contributed by atoms with Crippen LogP contribution in [0.3, 0.4) is 0 Å². The number of amides is 2. The van der Waals surface area contributed by atoms with Gasteiger partial charge >= 0.3 is 12.0 Å². The van der Waals surface area contributed by atoms with Gasteiger partial charge < -0.3 is 15.3 Å². The summed E-state index contributed by atoms with van der Waals surface area (Å²) in [5.74, 6) is -1.03. The summed E-state index contributed by atoms with van der Waals surface area (Å²) >= 11 is 12.0. The lowest BCUT2D eigenvalue weighted by Crippen LogP contribution is -2.45. The maximum atomic E-state index is 12.4. The fourth-order valence-electron chi connectivity index (χ4n) is 2.93. The minimum atomic E-state index is -0.745. The first-order valence-corrected chi connectivity index (χ1v) is 8.76. The number of rotatable bonds is 4. The third kappa shape index (κ3) is 4.54. The minimum absolute atomic E-state index is 0.0246. The molecule has 1 atom stereocenters. The Balaban J connectivity index is 1.92. The van der Waals surface area contributed by atoms with E-state index in [2.05, 4.69) is 5.32 Å². The highest BCUT2D eigenvalue weighted by molar-refractivity contribution is 6.42. The SMILES string of the molecule is CC(c1ccc(Cl)c(Cl)c1)N(C)C(=O)NC1CCC(C(=O)O)CC1. The normalized spacial score (nSPS) is 21.8. The van der Waals surface area contributed by atoms with Gasteiger partial charge in [-0.1, -0.05) is 29.3 Å². The lowest BCUT2D eigenvalue weighted by Gasteiger charge is -2.31. The Bertz CT molecular complexity index is 616. The molecular formula is C17H22Cl2N2O3. The van der Waals surface area contributed by atoms with Gasteiger partial charge in [0.05, 0.1) is 22.0 Å². The molecule has 1 aromatic carbocycles. The second-order valence-electron chi connectivity index (χ2n) is 6.30. The lowest BCUT2D eigenvalue weighted by molar-refractivity contribution is -0.142. The van der Waals surface area contributed by atoms with E-state index in [-0.39, 0.29) is 24.0 Å². The number of hydrogen-bond acceptors (Lipinski definition) is 2. The Morgan fingerprint density at radius 1 is 1.21 bits per heavy atom. The molecule has 132 valence electrons. The zero-order valence-electron chi connectivity index (χ0n) is 13.8. The van der Waals surface area contributed by atoms with Gasteiger partial charge in [0, 0.05) is 13.1 Å². The van der Waals surface area contributed by atoms with Gasteiger partial charge in [0.25, 0.3) is 0 Å². The van der Waals surface area contributed by atoms with Crippen molar-refractivity contribution in [1.29, 1.82) is 0 Å². The van der Waals surface area contributed by atoms with Crippen molar-refractivity contribution in [3.8, 4) is 0 Å². The molecule has 0 bridgehead atoms. The highest BCUT2D eigenvalue weighted by atomic mass is 35.5. The van der Waals surface area contributed by atoms with Crippen molar-refractivity contribution in [2.45, 2.75) is 44.7 Å². The van der Waals surface area contributed by atoms with Crippen LogP contribution in [0.2, 0.25) is 10.0 Å². The number of urea groups is 1. The molecular weight excluding hydrogens is 351 g/mol. The van der Waals surface area contributed by atoms with Gasteiger partial charge in [-0.3, -0.25) is 4.79 Å². The smallest absolute Gasteiger partial charge is 0.317 e. The summed E-state index contributed by atoms with van der Waals surface area (Å²) in [4.78, 5) is 25.0. The Morgan fingerprint density at radius 2 is 1.83 bits per heavy atom. The zero-order valence-corrected chi connectivity index (χ0v) is 15.3. The molecule has 2 rings (SSSR count). The molecule has 1 saturated carbocycles. The largest absolute Gasteiger partial charge is 0.481 e. The van der Waals surface area contributed by atoms with E-state index in [4.69, 9.17) is 28.3 Å². The van der Waals surface area contributed by atoms with Gasteiger partial charge in [-0.25, -0.2) is 4.79 Å². The van der Waals surface area contributed by atoms with Crippen LogP contribution in [0.15, 0.2) is 18.2 Å². The van der Waals surface area contributed by atoms with E-state index in [0.29, 0.717) is 35.7 Å². The van der Waals surface area contributed by atoms with Gasteiger partial charge in [-0.05, 0) is 50.3 Å². The van der Waals surface area contributed by atoms with Crippen LogP contribution in [0.1, 0.15) is 44.2 Å². The number of nitrogens with one attached hydrogen (secondary N) is 1. The topological polar surface area (TPSA) is 69.6 Å². The summed E-state index contributed by atoms with van der Waals surface area (Å²) < 4.78 is 0. The predicted molar refractivity (Wildman–Crippen MR) is 94.6 cm³/mol. The predicted octanol–water partition coefficient (Wildman–Crippen LogP) is 4.34. The molecule has 0 spiro atoms. The molecule has 7 heteroatoms. The highest BCUT2D eigenvalue weighted by Crippen LogP contribution is 2.28. The standard InChI is InChI=1S/C17H22Cl2N2O3/c1-10(12-5-8-14(18)15(19)9-12)21(2)17(24)20-13-6-3-11(4-7-13)16(22)23/h5,8-11,13H,3-4,6-7H2,1-2H3,(H,20,24)(H,22,23). The summed E-state index contributed by atoms with van der Waals surface area (Å²) in [6.07, 6.45) is 2.59. The summed E-state index contributed by atoms with van der Waals surface area (Å²) in [5, 5.41) is 13.0. The molecule has 1 unspecified atom stereocenters. The lowest BCUT2D eigenvalue weighted by atomic mass is 9.86. The summed E-state index contributed by atoms with van der Waals surface area (Å²) in [6, 6.07) is 5.02. The first-order chi connectivity index (χ1) is 11.3. The molecule has 0 aliphatic heterocycles. The maximum absolute atomic E-state index is 12.4. The number of benzene rings is 1. The molecule has 2 N–H and O–H groups in total. The van der Waals surface area contributed by atoms with Gasteiger partial charge in [0.2, 0.25) is 0 Å². The van der Waals surface area contributed by atoms with Crippen molar-refractivity contribution in [2.75, 3.05) is 7.05 Å². The van der Waals surface area contributed by atoms with Crippen LogP contribution in [-0.4, -0.2) is 35.1 Å². The van der Waals surface area contributed by atoms with Crippen LogP contribution in [0.5, 0.6) is 0 Å². The van der Waals surface area contributed by atoms with Crippen LogP contribution < -0.4 is 5.32 Å². The van der Waals surface area contributed by atoms with Crippen LogP contribution in [0, 0.1) is 5.92 Å². The quantitative estimate of drug-likeness (QED) is 0.825. The first kappa shape index (κ1) is 18.9. The van der Waals surface area contributed by atoms with Crippen molar-refractivity contribution in [3.63, 3.8) is 0 Å². The Hall–Kier alpha value is -1.46. The van der Waals surface area contributed by atoms with Crippen LogP contribution in [0.25, 0.3) is 0 Å². The van der Waals surface area contributed by atoms with Crippen molar-refractivity contribution in [3.05, 3.63) is 33.8 Å². The van der Waals surface area contributed by atoms with Crippen molar-refractivity contribution in [2.24, 2.45) is 5.92 Å². The van der Waals surface area contributed by atoms with Crippen molar-refractivity contribution in [1.82, 2.24) is 10.2 Å². The minimum Gasteiger partial charge on any atom is -0.481 e. The van der Waals surface area contributed by atoms with E-state index >= 15 is 0 Å². The number of aliphatic carboxylic acids is 1. The van der Waals surface area contributed by atoms with Crippen LogP contribution in [0.4, 0.5) is 4.79 Å². The second kappa shape index (κ2) is 8.08. The van der Waals surface area contributed by atoms with Gasteiger partial charge in [0.1, 0.15) is 0 Å². The van der Waals surface area contributed by atoms with Gasteiger partial charge in [-0.15, -0.1) is 0 Å². The molecule has 1 aliphatic rings. The number of carbonyl (C=O) groups excluding carboxylic acids is 1. The van der Waals surface area contributed by atoms with Crippen molar-refractivity contribution >= 4 is 35.2 Å². The number of hydrogen-bond donors (Lipinski definition) is 2. The number of halogens is 2. The molecule has 1 aliphatic carbocycles. The average Bonchev–Trinajstić information content (AvgIpc) is 2.56. The van der Waals surface area contributed by atoms with E-state index < -0.39 is 5.97 Å². The summed E-state index contributed by atoms with van der Waals surface area (Å²) in [7, 11) is 1.73. The first-order valence-electron chi connectivity index (χ1n) is 8.00. The van der Waals surface area contributed by atoms with Gasteiger partial charge in [-0.2, -0.15) is 0 Å². The molecule has 2 amide bonds. The van der Waals surface area contributed by atoms with E-state index in [1.165, 1.54) is 0 Å². The number of carboxylic acids is 1. The van der Waals surface area contributed by atoms with Gasteiger partial charge in [0.15, 0.2) is 0 Å². The molecule has 1 aromatic rings. The second-order valence-corrected chi connectivity index (χ2v) is 7.11. The Morgan fingerprint density at radius 3 is 2.38 bits per heavy atom. The van der Waals surface area contributed by atoms with E-state index in [0.717, 1.165) is 5.56 Å². The number of nitrogens with zero attached hydrogens (tertiary/aromatic N) is 1. The van der Waals surface area contributed by atoms with E-state index in [1.807, 2.05) is 13.0 Å². The molecule has 1 fully saturated rings. The van der Waals surface area contributed by atoms with Crippen LogP contribution >= 0.6 is 23.2 Å². The summed E-state index contributed by atoms with van der Waals surface area (Å²) in [5.41, 5.74) is 0.900. The van der Waals surface area contributed by atoms with E-state index in [1.54, 1.807) is 24.1 Å². The molecule has 5 nitrogen and oxygen atoms in total. The third-order valence-electron chi connectivity index (χ3n) is 4.73. The molecule has 0 radical (unpaired) electrons. The van der Waals surface area contributed by atoms with Crippen LogP contribution in [-0.2, 0) is 4.79 Å². The average molecular weight is 373 g/mol. The Labute approximate surface area is 151 Å². The molecule has 0 saturated heterocycles. The molecule has 0 aromatic heterocycles. The van der Waals surface area contributed by atoms with Crippen molar-refractivity contribution < 1.29 is 14.7 Å². The highest BCUT2D eigenvalue weighted by Gasteiger charge is 2.28. The number of carboxylic acid groups (broad SMARTS) is 1. The molecule has 0 heterocycles. The summed E-state index contributed by atoms with van der Waals surface area (Å²) in [6.45, 7) is 1.92. The Kier molecular flexibility index (Phi) is 6.35. The fraction of sp³-hybridized carbons (Fsp3) is 0.529. The third-order valence-corrected chi connectivity index (χ3v) is 5.47. The monoisotopic (exact) mass is 372 g/mol. The maximum Gasteiger partial charge on any atom is 0.317 e. The zero-order chi connectivity index (χ0) is 17.9.